The summed E-state index contributed by atoms with van der Waals surface area (Å²) in [5.41, 5.74) is 0. The van der Waals surface area contributed by atoms with E-state index in [-0.39, 0.29) is 6.04 Å². The highest BCUT2D eigenvalue weighted by molar-refractivity contribution is 5.67. The molecule has 0 saturated heterocycles. The molecule has 318 valence electrons. The predicted molar refractivity (Wildman–Crippen MR) is 239 cm³/mol. The van der Waals surface area contributed by atoms with Crippen LogP contribution in [0.4, 0.5) is 0 Å². The summed E-state index contributed by atoms with van der Waals surface area (Å²) < 4.78 is 0. The van der Waals surface area contributed by atoms with Gasteiger partial charge >= 0.3 is 5.97 Å². The van der Waals surface area contributed by atoms with Crippen LogP contribution in [0.5, 0.6) is 0 Å². The van der Waals surface area contributed by atoms with E-state index < -0.39 is 5.97 Å². The van der Waals surface area contributed by atoms with Crippen molar-refractivity contribution >= 4 is 5.97 Å². The van der Waals surface area contributed by atoms with Crippen LogP contribution < -0.4 is 0 Å². The molecule has 0 spiro atoms. The molecule has 0 radical (unpaired) electrons. The molecule has 1 N–H and O–H groups in total. The first-order valence-corrected chi connectivity index (χ1v) is 25.1. The van der Waals surface area contributed by atoms with Gasteiger partial charge in [0.25, 0.3) is 0 Å². The Hall–Kier alpha value is -0.570. The van der Waals surface area contributed by atoms with Gasteiger partial charge in [-0.15, -0.1) is 0 Å². The van der Waals surface area contributed by atoms with Gasteiger partial charge < -0.3 is 5.11 Å². The average molecular weight is 748 g/mol. The maximum absolute atomic E-state index is 11.7. The summed E-state index contributed by atoms with van der Waals surface area (Å²) in [5.74, 6) is -0.625. The summed E-state index contributed by atoms with van der Waals surface area (Å²) in [6.45, 7) is 9.00. The second kappa shape index (κ2) is 45.8. The van der Waals surface area contributed by atoms with Crippen LogP contribution >= 0.6 is 0 Å². The standard InChI is InChI=1S/C50H101NO2/c1-4-7-9-11-13-15-17-19-21-23-25-27-29-31-33-35-37-39-41-43-46-51(49(45-6-3)48-50(52)53)47-44-42-40-38-36-34-32-30-28-26-24-22-20-18-16-14-12-10-8-5-2/h49H,4-48H2,1-3H3,(H,52,53). The Bertz CT molecular complexity index is 636. The Morgan fingerprint density at radius 3 is 0.736 bits per heavy atom. The Kier molecular flexibility index (Phi) is 45.3. The third kappa shape index (κ3) is 42.4. The maximum Gasteiger partial charge on any atom is 0.304 e. The van der Waals surface area contributed by atoms with Crippen LogP contribution in [0.2, 0.25) is 0 Å². The first-order chi connectivity index (χ1) is 26.2. The van der Waals surface area contributed by atoms with Crippen molar-refractivity contribution in [2.75, 3.05) is 13.1 Å². The zero-order valence-electron chi connectivity index (χ0n) is 37.2. The number of carbonyl (C=O) groups is 1. The minimum atomic E-state index is -0.625. The highest BCUT2D eigenvalue weighted by Crippen LogP contribution is 2.19. The van der Waals surface area contributed by atoms with E-state index in [0.717, 1.165) is 25.9 Å². The van der Waals surface area contributed by atoms with E-state index in [9.17, 15) is 9.90 Å². The molecule has 1 atom stereocenters. The molecule has 0 aromatic heterocycles. The molecule has 3 heteroatoms. The molecular formula is C50H101NO2. The zero-order valence-corrected chi connectivity index (χ0v) is 37.2. The van der Waals surface area contributed by atoms with E-state index in [1.807, 2.05) is 0 Å². The van der Waals surface area contributed by atoms with E-state index in [1.165, 1.54) is 257 Å². The molecule has 3 nitrogen and oxygen atoms in total. The van der Waals surface area contributed by atoms with Crippen LogP contribution in [0, 0.1) is 0 Å². The Labute approximate surface area is 335 Å². The molecule has 0 aromatic rings. The minimum Gasteiger partial charge on any atom is -0.481 e. The van der Waals surface area contributed by atoms with Crippen molar-refractivity contribution in [2.45, 2.75) is 303 Å². The van der Waals surface area contributed by atoms with E-state index in [2.05, 4.69) is 25.7 Å². The van der Waals surface area contributed by atoms with Crippen molar-refractivity contribution in [3.63, 3.8) is 0 Å². The second-order valence-corrected chi connectivity index (χ2v) is 17.5. The van der Waals surface area contributed by atoms with Crippen molar-refractivity contribution in [3.8, 4) is 0 Å². The molecule has 0 saturated carbocycles. The summed E-state index contributed by atoms with van der Waals surface area (Å²) in [6.07, 6.45) is 59.0. The lowest BCUT2D eigenvalue weighted by Crippen LogP contribution is -2.38. The molecule has 0 aromatic carbocycles. The topological polar surface area (TPSA) is 40.5 Å². The molecule has 0 aliphatic rings. The largest absolute Gasteiger partial charge is 0.481 e. The van der Waals surface area contributed by atoms with Gasteiger partial charge in [0, 0.05) is 6.04 Å². The fourth-order valence-corrected chi connectivity index (χ4v) is 8.57. The van der Waals surface area contributed by atoms with Gasteiger partial charge in [0.05, 0.1) is 6.42 Å². The summed E-state index contributed by atoms with van der Waals surface area (Å²) in [5, 5.41) is 9.61. The summed E-state index contributed by atoms with van der Waals surface area (Å²) >= 11 is 0. The van der Waals surface area contributed by atoms with Crippen LogP contribution in [0.1, 0.15) is 297 Å². The summed E-state index contributed by atoms with van der Waals surface area (Å²) in [7, 11) is 0. The minimum absolute atomic E-state index is 0.221. The first kappa shape index (κ1) is 52.4. The number of carboxylic acids is 1. The van der Waals surface area contributed by atoms with Gasteiger partial charge in [-0.05, 0) is 32.4 Å². The van der Waals surface area contributed by atoms with Crippen LogP contribution in [0.25, 0.3) is 0 Å². The number of carboxylic acid groups (broad SMARTS) is 1. The molecule has 1 unspecified atom stereocenters. The van der Waals surface area contributed by atoms with Gasteiger partial charge in [-0.3, -0.25) is 9.69 Å². The van der Waals surface area contributed by atoms with Gasteiger partial charge in [0.2, 0.25) is 0 Å². The molecule has 0 rings (SSSR count). The number of unbranched alkanes of at least 4 members (excludes halogenated alkanes) is 38. The lowest BCUT2D eigenvalue weighted by atomic mass is 10.0. The maximum atomic E-state index is 11.7. The van der Waals surface area contributed by atoms with E-state index in [0.29, 0.717) is 6.42 Å². The van der Waals surface area contributed by atoms with E-state index >= 15 is 0 Å². The van der Waals surface area contributed by atoms with Gasteiger partial charge in [-0.1, -0.05) is 271 Å². The quantitative estimate of drug-likeness (QED) is 0.0630. The van der Waals surface area contributed by atoms with Gasteiger partial charge in [-0.25, -0.2) is 0 Å². The normalized spacial score (nSPS) is 12.3. The highest BCUT2D eigenvalue weighted by atomic mass is 16.4. The van der Waals surface area contributed by atoms with Gasteiger partial charge in [-0.2, -0.15) is 0 Å². The fourth-order valence-electron chi connectivity index (χ4n) is 8.57. The molecule has 0 heterocycles. The van der Waals surface area contributed by atoms with Crippen LogP contribution in [0.3, 0.4) is 0 Å². The van der Waals surface area contributed by atoms with E-state index in [4.69, 9.17) is 0 Å². The fraction of sp³-hybridized carbons (Fsp3) is 0.980. The molecular weight excluding hydrogens is 647 g/mol. The molecule has 0 aliphatic carbocycles. The summed E-state index contributed by atoms with van der Waals surface area (Å²) in [4.78, 5) is 14.2. The van der Waals surface area contributed by atoms with E-state index in [1.54, 1.807) is 0 Å². The molecule has 0 amide bonds. The number of aliphatic carboxylic acids is 1. The van der Waals surface area contributed by atoms with Crippen molar-refractivity contribution in [2.24, 2.45) is 0 Å². The van der Waals surface area contributed by atoms with Crippen LogP contribution in [-0.2, 0) is 4.79 Å². The molecule has 0 fully saturated rings. The monoisotopic (exact) mass is 748 g/mol. The zero-order chi connectivity index (χ0) is 38.6. The number of nitrogens with zero attached hydrogens (tertiary/aromatic N) is 1. The Morgan fingerprint density at radius 2 is 0.547 bits per heavy atom. The van der Waals surface area contributed by atoms with Gasteiger partial charge in [0.1, 0.15) is 0 Å². The van der Waals surface area contributed by atoms with Crippen molar-refractivity contribution in [1.29, 1.82) is 0 Å². The predicted octanol–water partition coefficient (Wildman–Crippen LogP) is 17.6. The average Bonchev–Trinajstić information content (AvgIpc) is 3.15. The van der Waals surface area contributed by atoms with Crippen LogP contribution in [0.15, 0.2) is 0 Å². The Balaban J connectivity index is 3.79. The molecule has 0 bridgehead atoms. The highest BCUT2D eigenvalue weighted by Gasteiger charge is 2.20. The lowest BCUT2D eigenvalue weighted by molar-refractivity contribution is -0.138. The SMILES string of the molecule is CCCCCCCCCCCCCCCCCCCCCCN(CCCCCCCCCCCCCCCCCCCCCC)C(CCC)CC(=O)O. The number of hydrogen-bond donors (Lipinski definition) is 1. The number of rotatable bonds is 47. The Morgan fingerprint density at radius 1 is 0.340 bits per heavy atom. The third-order valence-electron chi connectivity index (χ3n) is 12.1. The van der Waals surface area contributed by atoms with Crippen LogP contribution in [-0.4, -0.2) is 35.1 Å². The molecule has 53 heavy (non-hydrogen) atoms. The molecule has 0 aliphatic heterocycles. The third-order valence-corrected chi connectivity index (χ3v) is 12.1. The second-order valence-electron chi connectivity index (χ2n) is 17.5. The first-order valence-electron chi connectivity index (χ1n) is 25.1. The van der Waals surface area contributed by atoms with Crippen molar-refractivity contribution in [3.05, 3.63) is 0 Å². The smallest absolute Gasteiger partial charge is 0.304 e. The van der Waals surface area contributed by atoms with Crippen molar-refractivity contribution < 1.29 is 9.90 Å². The van der Waals surface area contributed by atoms with Crippen molar-refractivity contribution in [1.82, 2.24) is 4.90 Å². The number of hydrogen-bond acceptors (Lipinski definition) is 2. The lowest BCUT2D eigenvalue weighted by Gasteiger charge is -2.31. The van der Waals surface area contributed by atoms with Gasteiger partial charge in [0.15, 0.2) is 0 Å². The summed E-state index contributed by atoms with van der Waals surface area (Å²) in [6, 6.07) is 0.221.